The Hall–Kier alpha value is -3.83. The first-order valence-electron chi connectivity index (χ1n) is 11.8. The summed E-state index contributed by atoms with van der Waals surface area (Å²) in [5, 5.41) is 24.8. The summed E-state index contributed by atoms with van der Waals surface area (Å²) >= 11 is 1.24. The number of aromatic carboxylic acids is 1. The maximum absolute atomic E-state index is 13.1. The number of rotatable bonds is 5. The van der Waals surface area contributed by atoms with E-state index in [1.54, 1.807) is 31.3 Å². The molecule has 196 valence electrons. The number of halogens is 3. The number of fused-ring (bicyclic) bond motifs is 1. The van der Waals surface area contributed by atoms with Crippen LogP contribution in [0.4, 0.5) is 24.8 Å². The molecule has 0 saturated heterocycles. The molecule has 1 atom stereocenters. The molecular formula is C27H23F3N4O3S. The lowest BCUT2D eigenvalue weighted by Gasteiger charge is -2.34. The lowest BCUT2D eigenvalue weighted by molar-refractivity contribution is -0.137. The summed E-state index contributed by atoms with van der Waals surface area (Å²) in [6, 6.07) is 8.79. The molecule has 4 aromatic rings. The molecule has 0 aliphatic heterocycles. The molecule has 0 unspecified atom stereocenters. The Balaban J connectivity index is 1.49. The van der Waals surface area contributed by atoms with Crippen molar-refractivity contribution in [3.8, 4) is 10.6 Å². The SMILES string of the molecule is Cc1cc(Nc2cc(C(F)(F)F)ccn2)nc(-c2cnc([C@@]3(O)CCCc4c3ccc(C)c4C(=O)O)s2)c1. The minimum Gasteiger partial charge on any atom is -0.478 e. The van der Waals surface area contributed by atoms with Crippen LogP contribution < -0.4 is 5.32 Å². The van der Waals surface area contributed by atoms with E-state index < -0.39 is 23.3 Å². The Bertz CT molecular complexity index is 1550. The van der Waals surface area contributed by atoms with E-state index in [2.05, 4.69) is 20.3 Å². The largest absolute Gasteiger partial charge is 0.478 e. The fourth-order valence-corrected chi connectivity index (χ4v) is 5.84. The second kappa shape index (κ2) is 9.48. The van der Waals surface area contributed by atoms with Crippen LogP contribution in [0.2, 0.25) is 0 Å². The molecule has 11 heteroatoms. The fourth-order valence-electron chi connectivity index (χ4n) is 4.84. The minimum atomic E-state index is -4.49. The summed E-state index contributed by atoms with van der Waals surface area (Å²) in [5.41, 5.74) is 1.09. The molecule has 0 amide bonds. The molecule has 1 aliphatic rings. The number of nitrogens with one attached hydrogen (secondary N) is 1. The number of benzene rings is 1. The molecular weight excluding hydrogens is 517 g/mol. The summed E-state index contributed by atoms with van der Waals surface area (Å²) in [6.45, 7) is 3.57. The predicted molar refractivity (Wildman–Crippen MR) is 137 cm³/mol. The van der Waals surface area contributed by atoms with Crippen LogP contribution in [0.25, 0.3) is 10.6 Å². The fraction of sp³-hybridized carbons (Fsp3) is 0.259. The van der Waals surface area contributed by atoms with Gasteiger partial charge < -0.3 is 15.5 Å². The van der Waals surface area contributed by atoms with E-state index in [0.717, 1.165) is 23.9 Å². The Morgan fingerprint density at radius 3 is 2.63 bits per heavy atom. The zero-order valence-corrected chi connectivity index (χ0v) is 21.2. The topological polar surface area (TPSA) is 108 Å². The Labute approximate surface area is 220 Å². The second-order valence-electron chi connectivity index (χ2n) is 9.30. The summed E-state index contributed by atoms with van der Waals surface area (Å²) < 4.78 is 39.3. The number of hydrogen-bond acceptors (Lipinski definition) is 7. The second-order valence-corrected chi connectivity index (χ2v) is 10.3. The van der Waals surface area contributed by atoms with Crippen molar-refractivity contribution in [3.63, 3.8) is 0 Å². The normalized spacial score (nSPS) is 17.2. The highest BCUT2D eigenvalue weighted by Gasteiger charge is 2.40. The van der Waals surface area contributed by atoms with Crippen LogP contribution in [0.3, 0.4) is 0 Å². The highest BCUT2D eigenvalue weighted by atomic mass is 32.1. The molecule has 0 fully saturated rings. The van der Waals surface area contributed by atoms with Crippen LogP contribution in [0.1, 0.15) is 56.0 Å². The van der Waals surface area contributed by atoms with E-state index in [-0.39, 0.29) is 11.4 Å². The van der Waals surface area contributed by atoms with Crippen molar-refractivity contribution in [1.29, 1.82) is 0 Å². The van der Waals surface area contributed by atoms with E-state index in [1.165, 1.54) is 11.3 Å². The van der Waals surface area contributed by atoms with Crippen LogP contribution in [0.15, 0.2) is 48.8 Å². The Kier molecular flexibility index (Phi) is 6.44. The van der Waals surface area contributed by atoms with Crippen LogP contribution in [-0.2, 0) is 18.2 Å². The molecule has 0 saturated carbocycles. The first-order valence-corrected chi connectivity index (χ1v) is 12.6. The van der Waals surface area contributed by atoms with Gasteiger partial charge in [-0.15, -0.1) is 11.3 Å². The third-order valence-electron chi connectivity index (χ3n) is 6.57. The van der Waals surface area contributed by atoms with Gasteiger partial charge >= 0.3 is 12.1 Å². The molecule has 1 aliphatic carbocycles. The van der Waals surface area contributed by atoms with E-state index in [1.807, 2.05) is 13.0 Å². The van der Waals surface area contributed by atoms with E-state index in [9.17, 15) is 28.2 Å². The summed E-state index contributed by atoms with van der Waals surface area (Å²) in [7, 11) is 0. The van der Waals surface area contributed by atoms with Gasteiger partial charge in [-0.25, -0.2) is 19.7 Å². The molecule has 5 rings (SSSR count). The molecule has 38 heavy (non-hydrogen) atoms. The quantitative estimate of drug-likeness (QED) is 0.275. The van der Waals surface area contributed by atoms with Crippen molar-refractivity contribution in [1.82, 2.24) is 15.0 Å². The smallest absolute Gasteiger partial charge is 0.416 e. The first-order chi connectivity index (χ1) is 18.0. The van der Waals surface area contributed by atoms with Crippen LogP contribution >= 0.6 is 11.3 Å². The average molecular weight is 541 g/mol. The van der Waals surface area contributed by atoms with Gasteiger partial charge in [0.2, 0.25) is 0 Å². The number of thiazole rings is 1. The monoisotopic (exact) mass is 540 g/mol. The maximum Gasteiger partial charge on any atom is 0.416 e. The summed E-state index contributed by atoms with van der Waals surface area (Å²) in [4.78, 5) is 25.6. The highest BCUT2D eigenvalue weighted by molar-refractivity contribution is 7.15. The van der Waals surface area contributed by atoms with E-state index in [0.29, 0.717) is 57.3 Å². The van der Waals surface area contributed by atoms with Gasteiger partial charge in [0.1, 0.15) is 22.2 Å². The van der Waals surface area contributed by atoms with Gasteiger partial charge in [0, 0.05) is 12.4 Å². The zero-order valence-electron chi connectivity index (χ0n) is 20.4. The zero-order chi connectivity index (χ0) is 27.2. The summed E-state index contributed by atoms with van der Waals surface area (Å²) in [5.74, 6) is -0.709. The van der Waals surface area contributed by atoms with Gasteiger partial charge in [0.05, 0.1) is 21.7 Å². The van der Waals surface area contributed by atoms with Crippen molar-refractivity contribution in [2.45, 2.75) is 44.9 Å². The van der Waals surface area contributed by atoms with E-state index >= 15 is 0 Å². The van der Waals surface area contributed by atoms with E-state index in [4.69, 9.17) is 0 Å². The third-order valence-corrected chi connectivity index (χ3v) is 7.74. The third kappa shape index (κ3) is 4.74. The molecule has 3 heterocycles. The molecule has 3 N–H and O–H groups in total. The van der Waals surface area contributed by atoms with Gasteiger partial charge in [0.15, 0.2) is 0 Å². The van der Waals surface area contributed by atoms with Crippen molar-refractivity contribution < 1.29 is 28.2 Å². The first kappa shape index (κ1) is 25.8. The molecule has 1 aromatic carbocycles. The number of carboxylic acids is 1. The number of aliphatic hydroxyl groups is 1. The van der Waals surface area contributed by atoms with Gasteiger partial charge in [-0.2, -0.15) is 13.2 Å². The molecule has 7 nitrogen and oxygen atoms in total. The minimum absolute atomic E-state index is 0.00604. The number of aryl methyl sites for hydroxylation is 2. The van der Waals surface area contributed by atoms with Crippen LogP contribution in [-0.4, -0.2) is 31.1 Å². The van der Waals surface area contributed by atoms with Crippen LogP contribution in [0, 0.1) is 13.8 Å². The number of aromatic nitrogens is 3. The van der Waals surface area contributed by atoms with Crippen LogP contribution in [0.5, 0.6) is 0 Å². The number of anilines is 2. The highest BCUT2D eigenvalue weighted by Crippen LogP contribution is 2.45. The molecule has 0 bridgehead atoms. The standard InChI is InChI=1S/C27H23F3N4O3S/c1-14-10-19(33-22(11-14)34-21-12-16(7-9-31-21)27(28,29)30)20-13-32-25(38-20)26(37)8-3-4-17-18(26)6-5-15(2)23(17)24(35)36/h5-7,9-13,37H,3-4,8H2,1-2H3,(H,35,36)(H,31,33,34)/t26-/m1/s1. The number of alkyl halides is 3. The molecule has 0 radical (unpaired) electrons. The number of hydrogen-bond donors (Lipinski definition) is 3. The van der Waals surface area contributed by atoms with Gasteiger partial charge in [-0.05, 0) is 79.6 Å². The number of pyridine rings is 2. The molecule has 0 spiro atoms. The van der Waals surface area contributed by atoms with Crippen molar-refractivity contribution in [2.24, 2.45) is 0 Å². The lowest BCUT2D eigenvalue weighted by atomic mass is 9.76. The number of carbonyl (C=O) groups is 1. The maximum atomic E-state index is 13.1. The van der Waals surface area contributed by atoms with Crippen molar-refractivity contribution in [2.75, 3.05) is 5.32 Å². The van der Waals surface area contributed by atoms with Gasteiger partial charge in [-0.3, -0.25) is 0 Å². The molecule has 3 aromatic heterocycles. The Morgan fingerprint density at radius 1 is 1.11 bits per heavy atom. The van der Waals surface area contributed by atoms with Crippen molar-refractivity contribution in [3.05, 3.63) is 87.2 Å². The number of carboxylic acid groups (broad SMARTS) is 1. The lowest BCUT2D eigenvalue weighted by Crippen LogP contribution is -2.33. The average Bonchev–Trinajstić information content (AvgIpc) is 3.34. The predicted octanol–water partition coefficient (Wildman–Crippen LogP) is 6.25. The Morgan fingerprint density at radius 2 is 1.89 bits per heavy atom. The summed E-state index contributed by atoms with van der Waals surface area (Å²) in [6.07, 6.45) is -0.278. The number of nitrogens with zero attached hydrogens (tertiary/aromatic N) is 3. The van der Waals surface area contributed by atoms with Gasteiger partial charge in [-0.1, -0.05) is 12.1 Å². The van der Waals surface area contributed by atoms with Crippen molar-refractivity contribution >= 4 is 28.9 Å². The van der Waals surface area contributed by atoms with Gasteiger partial charge in [0.25, 0.3) is 0 Å².